The highest BCUT2D eigenvalue weighted by Gasteiger charge is 2.19. The van der Waals surface area contributed by atoms with Crippen molar-refractivity contribution in [3.63, 3.8) is 0 Å². The highest BCUT2D eigenvalue weighted by molar-refractivity contribution is 5.71. The van der Waals surface area contributed by atoms with E-state index < -0.39 is 0 Å². The molecule has 0 aromatic rings. The van der Waals surface area contributed by atoms with E-state index in [1.807, 2.05) is 13.8 Å². The molecule has 4 nitrogen and oxygen atoms in total. The van der Waals surface area contributed by atoms with Crippen molar-refractivity contribution in [1.29, 1.82) is 0 Å². The summed E-state index contributed by atoms with van der Waals surface area (Å²) < 4.78 is 10.7. The first-order valence-corrected chi connectivity index (χ1v) is 7.09. The Balaban J connectivity index is 2.10. The van der Waals surface area contributed by atoms with Gasteiger partial charge in [0, 0.05) is 19.3 Å². The van der Waals surface area contributed by atoms with Crippen molar-refractivity contribution >= 4 is 5.97 Å². The van der Waals surface area contributed by atoms with Crippen LogP contribution in [0.15, 0.2) is 0 Å². The van der Waals surface area contributed by atoms with Crippen LogP contribution in [0.1, 0.15) is 46.0 Å². The first kappa shape index (κ1) is 15.4. The zero-order valence-electron chi connectivity index (χ0n) is 11.7. The number of rotatable bonds is 7. The van der Waals surface area contributed by atoms with Gasteiger partial charge in [-0.15, -0.1) is 0 Å². The van der Waals surface area contributed by atoms with Gasteiger partial charge in [-0.3, -0.25) is 4.79 Å². The molecule has 1 rings (SSSR count). The zero-order chi connectivity index (χ0) is 13.4. The van der Waals surface area contributed by atoms with E-state index in [0.717, 1.165) is 45.3 Å². The smallest absolute Gasteiger partial charge is 0.308 e. The second-order valence-electron chi connectivity index (χ2n) is 5.50. The fourth-order valence-electron chi connectivity index (χ4n) is 2.12. The maximum atomic E-state index is 11.8. The largest absolute Gasteiger partial charge is 0.465 e. The molecular weight excluding hydrogens is 230 g/mol. The minimum atomic E-state index is -0.0637. The van der Waals surface area contributed by atoms with Gasteiger partial charge in [-0.25, -0.2) is 0 Å². The van der Waals surface area contributed by atoms with Gasteiger partial charge in [0.15, 0.2) is 0 Å². The Kier molecular flexibility index (Phi) is 7.28. The minimum Gasteiger partial charge on any atom is -0.465 e. The van der Waals surface area contributed by atoms with Gasteiger partial charge in [-0.2, -0.15) is 0 Å². The van der Waals surface area contributed by atoms with Gasteiger partial charge in [0.2, 0.25) is 0 Å². The SMILES string of the molecule is CC(N)CCCC(C)C(=O)OCC1CCOCC1. The second kappa shape index (κ2) is 8.48. The van der Waals surface area contributed by atoms with Crippen molar-refractivity contribution in [2.75, 3.05) is 19.8 Å². The van der Waals surface area contributed by atoms with Gasteiger partial charge < -0.3 is 15.2 Å². The van der Waals surface area contributed by atoms with Crippen molar-refractivity contribution in [1.82, 2.24) is 0 Å². The molecule has 4 heteroatoms. The van der Waals surface area contributed by atoms with E-state index in [-0.39, 0.29) is 17.9 Å². The number of esters is 1. The molecule has 0 aliphatic carbocycles. The molecular formula is C14H27NO3. The third-order valence-electron chi connectivity index (χ3n) is 3.50. The van der Waals surface area contributed by atoms with Crippen LogP contribution in [-0.2, 0) is 14.3 Å². The summed E-state index contributed by atoms with van der Waals surface area (Å²) in [5, 5.41) is 0. The standard InChI is InChI=1S/C14H27NO3/c1-11(4-3-5-12(2)15)14(16)18-10-13-6-8-17-9-7-13/h11-13H,3-10,15H2,1-2H3. The Morgan fingerprint density at radius 1 is 1.33 bits per heavy atom. The first-order chi connectivity index (χ1) is 8.59. The maximum absolute atomic E-state index is 11.8. The molecule has 0 bridgehead atoms. The summed E-state index contributed by atoms with van der Waals surface area (Å²) in [6, 6.07) is 0.218. The summed E-state index contributed by atoms with van der Waals surface area (Å²) in [5.41, 5.74) is 5.68. The number of nitrogens with two attached hydrogens (primary N) is 1. The fourth-order valence-corrected chi connectivity index (χ4v) is 2.12. The van der Waals surface area contributed by atoms with Crippen molar-refractivity contribution in [3.05, 3.63) is 0 Å². The van der Waals surface area contributed by atoms with Crippen LogP contribution in [0.4, 0.5) is 0 Å². The lowest BCUT2D eigenvalue weighted by molar-refractivity contribution is -0.150. The lowest BCUT2D eigenvalue weighted by Crippen LogP contribution is -2.24. The summed E-state index contributed by atoms with van der Waals surface area (Å²) >= 11 is 0. The summed E-state index contributed by atoms with van der Waals surface area (Å²) in [4.78, 5) is 11.8. The maximum Gasteiger partial charge on any atom is 0.308 e. The molecule has 0 aromatic heterocycles. The fraction of sp³-hybridized carbons (Fsp3) is 0.929. The summed E-state index contributed by atoms with van der Waals surface area (Å²) in [6.45, 7) is 6.08. The molecule has 0 radical (unpaired) electrons. The summed E-state index contributed by atoms with van der Waals surface area (Å²) in [7, 11) is 0. The number of ether oxygens (including phenoxy) is 2. The van der Waals surface area contributed by atoms with Gasteiger partial charge in [0.25, 0.3) is 0 Å². The van der Waals surface area contributed by atoms with Crippen molar-refractivity contribution in [2.24, 2.45) is 17.6 Å². The van der Waals surface area contributed by atoms with Crippen LogP contribution in [0.3, 0.4) is 0 Å². The van der Waals surface area contributed by atoms with Crippen LogP contribution in [0.5, 0.6) is 0 Å². The van der Waals surface area contributed by atoms with Crippen LogP contribution >= 0.6 is 0 Å². The molecule has 106 valence electrons. The molecule has 0 aromatic carbocycles. The summed E-state index contributed by atoms with van der Waals surface area (Å²) in [5.74, 6) is 0.411. The van der Waals surface area contributed by atoms with Crippen LogP contribution in [0.25, 0.3) is 0 Å². The topological polar surface area (TPSA) is 61.6 Å². The quantitative estimate of drug-likeness (QED) is 0.710. The van der Waals surface area contributed by atoms with E-state index in [9.17, 15) is 4.79 Å². The number of hydrogen-bond donors (Lipinski definition) is 1. The number of hydrogen-bond acceptors (Lipinski definition) is 4. The van der Waals surface area contributed by atoms with E-state index in [1.165, 1.54) is 0 Å². The lowest BCUT2D eigenvalue weighted by Gasteiger charge is -2.22. The first-order valence-electron chi connectivity index (χ1n) is 7.09. The average molecular weight is 257 g/mol. The van der Waals surface area contributed by atoms with Crippen LogP contribution in [0, 0.1) is 11.8 Å². The molecule has 2 unspecified atom stereocenters. The zero-order valence-corrected chi connectivity index (χ0v) is 11.7. The molecule has 1 fully saturated rings. The lowest BCUT2D eigenvalue weighted by atomic mass is 10.0. The second-order valence-corrected chi connectivity index (χ2v) is 5.50. The van der Waals surface area contributed by atoms with Crippen LogP contribution < -0.4 is 5.73 Å². The van der Waals surface area contributed by atoms with Gasteiger partial charge in [-0.1, -0.05) is 13.3 Å². The Labute approximate surface area is 110 Å². The molecule has 0 amide bonds. The molecule has 1 aliphatic heterocycles. The van der Waals surface area contributed by atoms with Gasteiger partial charge in [-0.05, 0) is 38.5 Å². The number of carbonyl (C=O) groups excluding carboxylic acids is 1. The molecule has 18 heavy (non-hydrogen) atoms. The van der Waals surface area contributed by atoms with Gasteiger partial charge in [0.1, 0.15) is 0 Å². The third kappa shape index (κ3) is 6.36. The Morgan fingerprint density at radius 2 is 2.00 bits per heavy atom. The van der Waals surface area contributed by atoms with Gasteiger partial charge >= 0.3 is 5.97 Å². The summed E-state index contributed by atoms with van der Waals surface area (Å²) in [6.07, 6.45) is 4.84. The molecule has 1 saturated heterocycles. The molecule has 1 aliphatic rings. The van der Waals surface area contributed by atoms with E-state index in [0.29, 0.717) is 12.5 Å². The molecule has 2 N–H and O–H groups in total. The van der Waals surface area contributed by atoms with Gasteiger partial charge in [0.05, 0.1) is 12.5 Å². The highest BCUT2D eigenvalue weighted by Crippen LogP contribution is 2.16. The normalized spacial score (nSPS) is 20.4. The minimum absolute atomic E-state index is 0.0106. The van der Waals surface area contributed by atoms with Crippen molar-refractivity contribution in [2.45, 2.75) is 52.0 Å². The van der Waals surface area contributed by atoms with E-state index >= 15 is 0 Å². The Bertz CT molecular complexity index is 237. The molecule has 0 saturated carbocycles. The predicted octanol–water partition coefficient (Wildman–Crippen LogP) is 2.11. The van der Waals surface area contributed by atoms with E-state index in [2.05, 4.69) is 0 Å². The monoisotopic (exact) mass is 257 g/mol. The van der Waals surface area contributed by atoms with Crippen molar-refractivity contribution < 1.29 is 14.3 Å². The number of carbonyl (C=O) groups is 1. The van der Waals surface area contributed by atoms with Crippen molar-refractivity contribution in [3.8, 4) is 0 Å². The van der Waals surface area contributed by atoms with E-state index in [1.54, 1.807) is 0 Å². The molecule has 2 atom stereocenters. The predicted molar refractivity (Wildman–Crippen MR) is 71.2 cm³/mol. The third-order valence-corrected chi connectivity index (χ3v) is 3.50. The Hall–Kier alpha value is -0.610. The Morgan fingerprint density at radius 3 is 2.61 bits per heavy atom. The highest BCUT2D eigenvalue weighted by atomic mass is 16.5. The van der Waals surface area contributed by atoms with E-state index in [4.69, 9.17) is 15.2 Å². The molecule has 1 heterocycles. The van der Waals surface area contributed by atoms with Crippen LogP contribution in [0.2, 0.25) is 0 Å². The molecule has 0 spiro atoms. The average Bonchev–Trinajstić information content (AvgIpc) is 2.36. The van der Waals surface area contributed by atoms with Crippen LogP contribution in [-0.4, -0.2) is 31.8 Å².